The number of ether oxygens (including phenoxy) is 1. The first-order valence-corrected chi connectivity index (χ1v) is 4.36. The molecule has 1 aliphatic heterocycles. The summed E-state index contributed by atoms with van der Waals surface area (Å²) in [6.07, 6.45) is 2.85. The van der Waals surface area contributed by atoms with E-state index in [4.69, 9.17) is 4.74 Å². The summed E-state index contributed by atoms with van der Waals surface area (Å²) in [6.45, 7) is 3.83. The molecule has 0 saturated carbocycles. The smallest absolute Gasteiger partial charge is 0.286 e. The van der Waals surface area contributed by atoms with Crippen molar-refractivity contribution in [1.29, 1.82) is 0 Å². The van der Waals surface area contributed by atoms with E-state index in [0.717, 1.165) is 26.3 Å². The third kappa shape index (κ3) is 4.01. The highest BCUT2D eigenvalue weighted by Crippen LogP contribution is 2.05. The Kier molecular flexibility index (Phi) is 4.66. The fourth-order valence-electron chi connectivity index (χ4n) is 0.944. The number of nitro groups is 1. The van der Waals surface area contributed by atoms with Gasteiger partial charge in [0.1, 0.15) is 0 Å². The highest BCUT2D eigenvalue weighted by atomic mass is 16.6. The lowest BCUT2D eigenvalue weighted by atomic mass is 10.5. The van der Waals surface area contributed by atoms with Gasteiger partial charge in [-0.3, -0.25) is 10.1 Å². The molecule has 6 heteroatoms. The zero-order valence-electron chi connectivity index (χ0n) is 7.73. The lowest BCUT2D eigenvalue weighted by molar-refractivity contribution is -0.384. The lowest BCUT2D eigenvalue weighted by Crippen LogP contribution is -2.30. The number of nitrogens with one attached hydrogen (secondary N) is 2. The second-order valence-corrected chi connectivity index (χ2v) is 2.69. The zero-order chi connectivity index (χ0) is 10.2. The standard InChI is InChI=1S/C4H4N2O2.C4H9NO/c7-6(8)4-1-2-5-3-4;1-3-6-4-2-5-1/h1-3,5H;5H,1-4H2. The average Bonchev–Trinajstić information content (AvgIpc) is 2.74. The van der Waals surface area contributed by atoms with Crippen molar-refractivity contribution in [1.82, 2.24) is 10.3 Å². The van der Waals surface area contributed by atoms with Crippen LogP contribution >= 0.6 is 0 Å². The van der Waals surface area contributed by atoms with E-state index in [1.54, 1.807) is 0 Å². The number of aromatic amines is 1. The highest BCUT2D eigenvalue weighted by molar-refractivity contribution is 5.23. The van der Waals surface area contributed by atoms with Crippen molar-refractivity contribution in [3.8, 4) is 0 Å². The van der Waals surface area contributed by atoms with Crippen molar-refractivity contribution in [2.45, 2.75) is 0 Å². The molecule has 0 aromatic carbocycles. The largest absolute Gasteiger partial charge is 0.379 e. The van der Waals surface area contributed by atoms with E-state index in [9.17, 15) is 10.1 Å². The molecule has 0 radical (unpaired) electrons. The van der Waals surface area contributed by atoms with E-state index in [0.29, 0.717) is 0 Å². The Morgan fingerprint density at radius 2 is 2.14 bits per heavy atom. The van der Waals surface area contributed by atoms with Gasteiger partial charge < -0.3 is 15.0 Å². The van der Waals surface area contributed by atoms with Gasteiger partial charge in [0.05, 0.1) is 24.3 Å². The Balaban J connectivity index is 0.000000146. The monoisotopic (exact) mass is 199 g/mol. The first-order valence-electron chi connectivity index (χ1n) is 4.36. The average molecular weight is 199 g/mol. The van der Waals surface area contributed by atoms with Crippen LogP contribution in [0.5, 0.6) is 0 Å². The summed E-state index contributed by atoms with van der Waals surface area (Å²) in [6, 6.07) is 1.40. The molecule has 0 bridgehead atoms. The van der Waals surface area contributed by atoms with Gasteiger partial charge in [0.25, 0.3) is 5.69 Å². The number of hydrogen-bond acceptors (Lipinski definition) is 4. The maximum atomic E-state index is 9.85. The van der Waals surface area contributed by atoms with Crippen LogP contribution in [0.4, 0.5) is 5.69 Å². The van der Waals surface area contributed by atoms with Gasteiger partial charge in [-0.15, -0.1) is 0 Å². The predicted octanol–water partition coefficient (Wildman–Crippen LogP) is 0.529. The van der Waals surface area contributed by atoms with Gasteiger partial charge in [-0.25, -0.2) is 0 Å². The SMILES string of the molecule is C1COCCN1.O=[N+]([O-])c1cc[nH]c1. The maximum absolute atomic E-state index is 9.85. The van der Waals surface area contributed by atoms with Crippen LogP contribution in [0.3, 0.4) is 0 Å². The van der Waals surface area contributed by atoms with E-state index in [1.807, 2.05) is 0 Å². The van der Waals surface area contributed by atoms with E-state index in [-0.39, 0.29) is 5.69 Å². The Labute approximate surface area is 81.4 Å². The Morgan fingerprint density at radius 3 is 2.36 bits per heavy atom. The van der Waals surface area contributed by atoms with Gasteiger partial charge in [0, 0.05) is 25.4 Å². The second-order valence-electron chi connectivity index (χ2n) is 2.69. The fourth-order valence-corrected chi connectivity index (χ4v) is 0.944. The summed E-state index contributed by atoms with van der Waals surface area (Å²) >= 11 is 0. The van der Waals surface area contributed by atoms with E-state index >= 15 is 0 Å². The van der Waals surface area contributed by atoms with Crippen molar-refractivity contribution in [3.05, 3.63) is 28.6 Å². The van der Waals surface area contributed by atoms with E-state index in [2.05, 4.69) is 10.3 Å². The lowest BCUT2D eigenvalue weighted by Gasteiger charge is -2.10. The number of aromatic nitrogens is 1. The summed E-state index contributed by atoms with van der Waals surface area (Å²) in [5, 5.41) is 13.0. The molecular formula is C8H13N3O3. The third-order valence-corrected chi connectivity index (χ3v) is 1.64. The number of H-pyrrole nitrogens is 1. The molecule has 1 aromatic rings. The van der Waals surface area contributed by atoms with Crippen LogP contribution in [0.25, 0.3) is 0 Å². The van der Waals surface area contributed by atoms with Crippen molar-refractivity contribution >= 4 is 5.69 Å². The van der Waals surface area contributed by atoms with Crippen LogP contribution in [0.2, 0.25) is 0 Å². The van der Waals surface area contributed by atoms with Gasteiger partial charge in [-0.05, 0) is 0 Å². The Bertz CT molecular complexity index is 245. The van der Waals surface area contributed by atoms with Gasteiger partial charge in [0.15, 0.2) is 0 Å². The summed E-state index contributed by atoms with van der Waals surface area (Å²) in [4.78, 5) is 12.0. The van der Waals surface area contributed by atoms with Crippen molar-refractivity contribution < 1.29 is 9.66 Å². The zero-order valence-corrected chi connectivity index (χ0v) is 7.73. The molecule has 0 aliphatic carbocycles. The quantitative estimate of drug-likeness (QED) is 0.510. The molecular weight excluding hydrogens is 186 g/mol. The molecule has 1 fully saturated rings. The minimum absolute atomic E-state index is 0.102. The Hall–Kier alpha value is -1.40. The molecule has 1 aliphatic rings. The van der Waals surface area contributed by atoms with E-state index < -0.39 is 4.92 Å². The number of morpholine rings is 1. The number of hydrogen-bond donors (Lipinski definition) is 2. The molecule has 1 aromatic heterocycles. The van der Waals surface area contributed by atoms with Crippen LogP contribution < -0.4 is 5.32 Å². The summed E-state index contributed by atoms with van der Waals surface area (Å²) in [5.41, 5.74) is 0.102. The van der Waals surface area contributed by atoms with Gasteiger partial charge in [-0.1, -0.05) is 0 Å². The second kappa shape index (κ2) is 6.11. The predicted molar refractivity (Wildman–Crippen MR) is 51.1 cm³/mol. The molecule has 2 N–H and O–H groups in total. The van der Waals surface area contributed by atoms with Crippen LogP contribution in [0, 0.1) is 10.1 Å². The number of nitrogens with zero attached hydrogens (tertiary/aromatic N) is 1. The Morgan fingerprint density at radius 1 is 1.43 bits per heavy atom. The molecule has 0 spiro atoms. The van der Waals surface area contributed by atoms with Crippen molar-refractivity contribution in [3.63, 3.8) is 0 Å². The molecule has 14 heavy (non-hydrogen) atoms. The topological polar surface area (TPSA) is 80.2 Å². The molecule has 0 amide bonds. The summed E-state index contributed by atoms with van der Waals surface area (Å²) in [7, 11) is 0. The molecule has 78 valence electrons. The molecule has 1 saturated heterocycles. The summed E-state index contributed by atoms with van der Waals surface area (Å²) < 4.78 is 5.01. The van der Waals surface area contributed by atoms with Crippen LogP contribution in [-0.4, -0.2) is 36.2 Å². The number of rotatable bonds is 1. The molecule has 0 atom stereocenters. The first-order chi connectivity index (χ1) is 6.80. The highest BCUT2D eigenvalue weighted by Gasteiger charge is 2.00. The molecule has 6 nitrogen and oxygen atoms in total. The summed E-state index contributed by atoms with van der Waals surface area (Å²) in [5.74, 6) is 0. The molecule has 0 unspecified atom stereocenters. The minimum Gasteiger partial charge on any atom is -0.379 e. The van der Waals surface area contributed by atoms with Crippen LogP contribution in [-0.2, 0) is 4.74 Å². The van der Waals surface area contributed by atoms with Crippen LogP contribution in [0.15, 0.2) is 18.5 Å². The minimum atomic E-state index is -0.448. The third-order valence-electron chi connectivity index (χ3n) is 1.64. The maximum Gasteiger partial charge on any atom is 0.286 e. The first kappa shape index (κ1) is 10.7. The van der Waals surface area contributed by atoms with E-state index in [1.165, 1.54) is 18.5 Å². The van der Waals surface area contributed by atoms with Crippen LogP contribution in [0.1, 0.15) is 0 Å². The molecule has 2 rings (SSSR count). The normalized spacial score (nSPS) is 15.4. The van der Waals surface area contributed by atoms with Gasteiger partial charge in [-0.2, -0.15) is 0 Å². The van der Waals surface area contributed by atoms with Crippen molar-refractivity contribution in [2.24, 2.45) is 0 Å². The molecule has 2 heterocycles. The van der Waals surface area contributed by atoms with Gasteiger partial charge in [0.2, 0.25) is 0 Å². The van der Waals surface area contributed by atoms with Gasteiger partial charge >= 0.3 is 0 Å². The van der Waals surface area contributed by atoms with Crippen molar-refractivity contribution in [2.75, 3.05) is 26.3 Å². The fraction of sp³-hybridized carbons (Fsp3) is 0.500.